The van der Waals surface area contributed by atoms with E-state index >= 15 is 0 Å². The molecule has 0 N–H and O–H groups in total. The second kappa shape index (κ2) is 7.69. The van der Waals surface area contributed by atoms with Crippen LogP contribution in [0.15, 0.2) is 50.1 Å². The Bertz CT molecular complexity index is 686. The second-order valence-corrected chi connectivity index (χ2v) is 8.99. The summed E-state index contributed by atoms with van der Waals surface area (Å²) in [6.45, 7) is 0. The molecular formula is C16H8Cl2I2. The van der Waals surface area contributed by atoms with Crippen LogP contribution in [0.5, 0.6) is 0 Å². The summed E-state index contributed by atoms with van der Waals surface area (Å²) < 4.78 is 1.11. The van der Waals surface area contributed by atoms with Gasteiger partial charge in [0, 0.05) is 15.6 Å². The Kier molecular flexibility index (Phi) is 6.21. The van der Waals surface area contributed by atoms with Gasteiger partial charge in [-0.1, -0.05) is 47.2 Å². The third kappa shape index (κ3) is 4.66. The lowest BCUT2D eigenvalue weighted by atomic mass is 10.1. The van der Waals surface area contributed by atoms with Gasteiger partial charge in [-0.05, 0) is 87.1 Å². The topological polar surface area (TPSA) is 0 Å². The molecule has 100 valence electrons. The molecule has 0 spiro atoms. The minimum absolute atomic E-state index is 0.715. The fraction of sp³-hybridized carbons (Fsp3) is 0. The molecule has 0 bridgehead atoms. The van der Waals surface area contributed by atoms with E-state index in [9.17, 15) is 0 Å². The van der Waals surface area contributed by atoms with Crippen molar-refractivity contribution < 1.29 is 0 Å². The minimum Gasteiger partial charge on any atom is -0.0843 e. The van der Waals surface area contributed by atoms with Crippen LogP contribution in [0.1, 0.15) is 11.1 Å². The van der Waals surface area contributed by atoms with Crippen LogP contribution in [0.3, 0.4) is 0 Å². The van der Waals surface area contributed by atoms with E-state index in [0.29, 0.717) is 5.02 Å². The van der Waals surface area contributed by atoms with Crippen molar-refractivity contribution in [3.63, 3.8) is 0 Å². The van der Waals surface area contributed by atoms with E-state index in [0.717, 1.165) is 23.3 Å². The van der Waals surface area contributed by atoms with Gasteiger partial charge in [0.15, 0.2) is 0 Å². The molecule has 0 nitrogen and oxygen atoms in total. The maximum absolute atomic E-state index is 5.92. The first-order valence-corrected chi connectivity index (χ1v) is 8.56. The van der Waals surface area contributed by atoms with Crippen LogP contribution in [-0.4, -0.2) is 0 Å². The molecule has 0 aliphatic rings. The fourth-order valence-corrected chi connectivity index (χ4v) is 2.66. The molecule has 0 saturated carbocycles. The van der Waals surface area contributed by atoms with Gasteiger partial charge in [0.2, 0.25) is 0 Å². The predicted octanol–water partition coefficient (Wildman–Crippen LogP) is 6.58. The van der Waals surface area contributed by atoms with Gasteiger partial charge >= 0.3 is 0 Å². The number of hydrogen-bond donors (Lipinski definition) is 0. The number of hydrogen-bond acceptors (Lipinski definition) is 0. The summed E-state index contributed by atoms with van der Waals surface area (Å²) in [6.07, 6.45) is 0. The van der Waals surface area contributed by atoms with E-state index in [1.165, 1.54) is 0 Å². The summed E-state index contributed by atoms with van der Waals surface area (Å²) in [5.41, 5.74) is 3.00. The van der Waals surface area contributed by atoms with Crippen molar-refractivity contribution in [1.82, 2.24) is 0 Å². The van der Waals surface area contributed by atoms with Crippen molar-refractivity contribution in [1.29, 1.82) is 0 Å². The summed E-state index contributed by atoms with van der Waals surface area (Å²) in [4.78, 5) is 0. The Morgan fingerprint density at radius 3 is 1.80 bits per heavy atom. The standard InChI is InChI=1S/C16H8Cl2I2/c17-13-6-1-11(2-7-13)3-10-15(16(19)20)12-4-8-14(18)9-5-12/h1-2,4-9H. The lowest BCUT2D eigenvalue weighted by molar-refractivity contribution is 1.63. The third-order valence-corrected chi connectivity index (χ3v) is 4.08. The number of rotatable bonds is 1. The molecule has 2 rings (SSSR count). The number of benzene rings is 2. The van der Waals surface area contributed by atoms with Gasteiger partial charge in [-0.2, -0.15) is 0 Å². The van der Waals surface area contributed by atoms with Gasteiger partial charge < -0.3 is 0 Å². The Morgan fingerprint density at radius 1 is 0.800 bits per heavy atom. The smallest absolute Gasteiger partial charge is 0.0676 e. The van der Waals surface area contributed by atoms with E-state index in [2.05, 4.69) is 57.0 Å². The lowest BCUT2D eigenvalue weighted by Gasteiger charge is -2.01. The Balaban J connectivity index is 2.35. The average Bonchev–Trinajstić information content (AvgIpc) is 2.43. The molecule has 2 aromatic carbocycles. The summed E-state index contributed by atoms with van der Waals surface area (Å²) in [6, 6.07) is 15.2. The van der Waals surface area contributed by atoms with Crippen molar-refractivity contribution >= 4 is 74.0 Å². The largest absolute Gasteiger partial charge is 0.0843 e. The summed E-state index contributed by atoms with van der Waals surface area (Å²) in [7, 11) is 0. The highest BCUT2D eigenvalue weighted by molar-refractivity contribution is 14.2. The van der Waals surface area contributed by atoms with Gasteiger partial charge in [-0.25, -0.2) is 0 Å². The Hall–Kier alpha value is -0.220. The highest BCUT2D eigenvalue weighted by Crippen LogP contribution is 2.28. The zero-order chi connectivity index (χ0) is 14.5. The van der Waals surface area contributed by atoms with Crippen molar-refractivity contribution in [3.05, 3.63) is 71.3 Å². The predicted molar refractivity (Wildman–Crippen MR) is 105 cm³/mol. The molecule has 0 heterocycles. The summed E-state index contributed by atoms with van der Waals surface area (Å²) in [5.74, 6) is 6.38. The Morgan fingerprint density at radius 2 is 1.30 bits per heavy atom. The number of allylic oxidation sites excluding steroid dienone is 1. The summed E-state index contributed by atoms with van der Waals surface area (Å²) in [5, 5.41) is 1.44. The second-order valence-electron chi connectivity index (χ2n) is 3.90. The van der Waals surface area contributed by atoms with E-state index in [1.54, 1.807) is 0 Å². The number of halogens is 4. The zero-order valence-corrected chi connectivity index (χ0v) is 16.0. The van der Waals surface area contributed by atoms with Gasteiger partial charge in [-0.15, -0.1) is 0 Å². The molecule has 0 radical (unpaired) electrons. The molecule has 4 heteroatoms. The fourth-order valence-electron chi connectivity index (χ4n) is 1.51. The molecule has 0 unspecified atom stereocenters. The molecular weight excluding hydrogens is 517 g/mol. The first kappa shape index (κ1) is 16.2. The van der Waals surface area contributed by atoms with Gasteiger partial charge in [0.05, 0.1) is 7.16 Å². The maximum atomic E-state index is 5.92. The van der Waals surface area contributed by atoms with Crippen LogP contribution in [-0.2, 0) is 0 Å². The third-order valence-electron chi connectivity index (χ3n) is 2.50. The highest BCUT2D eigenvalue weighted by Gasteiger charge is 2.02. The van der Waals surface area contributed by atoms with Crippen molar-refractivity contribution in [3.8, 4) is 11.8 Å². The van der Waals surface area contributed by atoms with E-state index < -0.39 is 0 Å². The highest BCUT2D eigenvalue weighted by atomic mass is 127. The molecule has 0 aliphatic carbocycles. The van der Waals surface area contributed by atoms with Gasteiger partial charge in [0.25, 0.3) is 0 Å². The van der Waals surface area contributed by atoms with E-state index in [4.69, 9.17) is 23.2 Å². The molecule has 2 aromatic rings. The van der Waals surface area contributed by atoms with E-state index in [1.807, 2.05) is 48.5 Å². The maximum Gasteiger partial charge on any atom is 0.0676 e. The van der Waals surface area contributed by atoms with Crippen LogP contribution in [0, 0.1) is 11.8 Å². The SMILES string of the molecule is Clc1ccc(C#CC(=C(I)I)c2ccc(Cl)cc2)cc1. The van der Waals surface area contributed by atoms with Crippen LogP contribution < -0.4 is 0 Å². The molecule has 0 aliphatic heterocycles. The molecule has 20 heavy (non-hydrogen) atoms. The lowest BCUT2D eigenvalue weighted by Crippen LogP contribution is -1.82. The molecule has 0 aromatic heterocycles. The van der Waals surface area contributed by atoms with Gasteiger partial charge in [-0.3, -0.25) is 0 Å². The van der Waals surface area contributed by atoms with E-state index in [-0.39, 0.29) is 0 Å². The molecule has 0 amide bonds. The molecule has 0 saturated heterocycles. The van der Waals surface area contributed by atoms with Crippen LogP contribution in [0.25, 0.3) is 5.57 Å². The quantitative estimate of drug-likeness (QED) is 0.292. The Labute approximate surface area is 155 Å². The van der Waals surface area contributed by atoms with Crippen molar-refractivity contribution in [2.45, 2.75) is 0 Å². The zero-order valence-electron chi connectivity index (χ0n) is 10.1. The average molecular weight is 525 g/mol. The summed E-state index contributed by atoms with van der Waals surface area (Å²) >= 11 is 16.3. The molecule has 0 atom stereocenters. The van der Waals surface area contributed by atoms with Crippen LogP contribution in [0.4, 0.5) is 0 Å². The first-order valence-electron chi connectivity index (χ1n) is 5.65. The minimum atomic E-state index is 0.715. The van der Waals surface area contributed by atoms with Crippen molar-refractivity contribution in [2.75, 3.05) is 0 Å². The molecule has 0 fully saturated rings. The van der Waals surface area contributed by atoms with Crippen LogP contribution in [0.2, 0.25) is 10.0 Å². The first-order chi connectivity index (χ1) is 9.56. The van der Waals surface area contributed by atoms with Gasteiger partial charge in [0.1, 0.15) is 0 Å². The van der Waals surface area contributed by atoms with Crippen LogP contribution >= 0.6 is 68.4 Å². The normalized spacial score (nSPS) is 9.60. The van der Waals surface area contributed by atoms with Crippen molar-refractivity contribution in [2.24, 2.45) is 0 Å². The monoisotopic (exact) mass is 524 g/mol.